The molecule has 8 heteroatoms. The van der Waals surface area contributed by atoms with Gasteiger partial charge in [-0.15, -0.1) is 0 Å². The normalized spacial score (nSPS) is 25.4. The lowest BCUT2D eigenvalue weighted by atomic mass is 9.61. The Morgan fingerprint density at radius 3 is 2.35 bits per heavy atom. The summed E-state index contributed by atoms with van der Waals surface area (Å²) in [7, 11) is 3.33. The second-order valence-electron chi connectivity index (χ2n) is 10.1. The minimum atomic E-state index is -0.940. The molecule has 0 aliphatic carbocycles. The highest BCUT2D eigenvalue weighted by Gasteiger charge is 2.55. The smallest absolute Gasteiger partial charge is 0.408 e. The lowest BCUT2D eigenvalue weighted by Gasteiger charge is -2.56. The summed E-state index contributed by atoms with van der Waals surface area (Å²) in [6.07, 6.45) is 2.85. The van der Waals surface area contributed by atoms with Crippen LogP contribution in [0.4, 0.5) is 4.79 Å². The maximum absolute atomic E-state index is 12.5. The van der Waals surface area contributed by atoms with Crippen molar-refractivity contribution in [2.75, 3.05) is 33.7 Å². The van der Waals surface area contributed by atoms with E-state index in [1.54, 1.807) is 31.1 Å². The van der Waals surface area contributed by atoms with Crippen molar-refractivity contribution in [1.82, 2.24) is 20.1 Å². The van der Waals surface area contributed by atoms with Crippen molar-refractivity contribution in [1.29, 1.82) is 0 Å². The molecular weight excluding hydrogens is 416 g/mol. The minimum absolute atomic E-state index is 0.120. The number of piperidine rings is 2. The Hall–Kier alpha value is -1.86. The van der Waals surface area contributed by atoms with Crippen LogP contribution in [0.25, 0.3) is 0 Å². The van der Waals surface area contributed by atoms with Crippen LogP contribution in [0.3, 0.4) is 0 Å². The van der Waals surface area contributed by atoms with Gasteiger partial charge in [-0.2, -0.15) is 0 Å². The van der Waals surface area contributed by atoms with E-state index in [9.17, 15) is 14.7 Å². The van der Waals surface area contributed by atoms with Gasteiger partial charge in [-0.1, -0.05) is 32.4 Å². The molecule has 2 unspecified atom stereocenters. The summed E-state index contributed by atoms with van der Waals surface area (Å²) in [5.74, 6) is 0.768. The van der Waals surface area contributed by atoms with Gasteiger partial charge in [0.1, 0.15) is 5.15 Å². The highest BCUT2D eigenvalue weighted by Crippen LogP contribution is 2.53. The van der Waals surface area contributed by atoms with Crippen LogP contribution < -0.4 is 5.32 Å². The third-order valence-electron chi connectivity index (χ3n) is 7.17. The Kier molecular flexibility index (Phi) is 6.87. The molecular formula is C23H35ClN4O3. The van der Waals surface area contributed by atoms with Crippen LogP contribution in [0.15, 0.2) is 12.1 Å². The maximum atomic E-state index is 12.5. The third kappa shape index (κ3) is 4.40. The van der Waals surface area contributed by atoms with Crippen molar-refractivity contribution < 1.29 is 14.7 Å². The largest absolute Gasteiger partial charge is 0.465 e. The lowest BCUT2D eigenvalue weighted by Crippen LogP contribution is -2.61. The molecule has 0 aromatic carbocycles. The summed E-state index contributed by atoms with van der Waals surface area (Å²) in [5.41, 5.74) is -0.288. The first-order valence-electron chi connectivity index (χ1n) is 11.1. The van der Waals surface area contributed by atoms with E-state index in [0.717, 1.165) is 32.4 Å². The molecule has 0 bridgehead atoms. The summed E-state index contributed by atoms with van der Waals surface area (Å²) in [5, 5.41) is 13.7. The Balaban J connectivity index is 2.10. The molecule has 7 nitrogen and oxygen atoms in total. The number of aromatic nitrogens is 1. The van der Waals surface area contributed by atoms with Crippen LogP contribution in [0.1, 0.15) is 62.5 Å². The minimum Gasteiger partial charge on any atom is -0.465 e. The van der Waals surface area contributed by atoms with Gasteiger partial charge >= 0.3 is 6.09 Å². The van der Waals surface area contributed by atoms with E-state index in [4.69, 9.17) is 11.6 Å². The molecule has 0 saturated carbocycles. The average molecular weight is 451 g/mol. The topological polar surface area (TPSA) is 85.8 Å². The molecule has 2 aliphatic heterocycles. The Bertz CT molecular complexity index is 833. The Labute approximate surface area is 190 Å². The van der Waals surface area contributed by atoms with Gasteiger partial charge in [0.2, 0.25) is 0 Å². The van der Waals surface area contributed by atoms with Crippen LogP contribution in [0.2, 0.25) is 5.15 Å². The van der Waals surface area contributed by atoms with Gasteiger partial charge in [0, 0.05) is 20.6 Å². The van der Waals surface area contributed by atoms with Crippen LogP contribution in [0, 0.1) is 17.3 Å². The second-order valence-corrected chi connectivity index (χ2v) is 10.5. The molecule has 3 heterocycles. The molecule has 2 N–H and O–H groups in total. The number of pyridine rings is 1. The molecule has 31 heavy (non-hydrogen) atoms. The molecule has 1 aromatic heterocycles. The molecule has 2 fully saturated rings. The fourth-order valence-corrected chi connectivity index (χ4v) is 5.69. The summed E-state index contributed by atoms with van der Waals surface area (Å²) < 4.78 is 0. The van der Waals surface area contributed by atoms with Crippen molar-refractivity contribution in [2.24, 2.45) is 17.3 Å². The van der Waals surface area contributed by atoms with E-state index in [-0.39, 0.29) is 11.1 Å². The zero-order valence-electron chi connectivity index (χ0n) is 19.2. The van der Waals surface area contributed by atoms with Crippen LogP contribution in [-0.4, -0.2) is 65.6 Å². The fourth-order valence-electron chi connectivity index (χ4n) is 5.46. The number of hydrogen-bond acceptors (Lipinski definition) is 4. The number of nitrogens with zero attached hydrogens (tertiary/aromatic N) is 3. The standard InChI is InChI=1S/C23H35ClN4O3/c1-22(2,3)23(18-7-6-17(19(24)26-18)20(29)27(4)5)14-16(10-13-28(23)21(30)31)15-8-11-25-12-9-15/h6-7,15-16,25H,8-14H2,1-5H3,(H,30,31). The van der Waals surface area contributed by atoms with Crippen LogP contribution in [-0.2, 0) is 5.54 Å². The number of hydrogen-bond donors (Lipinski definition) is 2. The number of carbonyl (C=O) groups is 2. The van der Waals surface area contributed by atoms with Crippen molar-refractivity contribution in [3.05, 3.63) is 28.5 Å². The predicted molar refractivity (Wildman–Crippen MR) is 121 cm³/mol. The number of halogens is 1. The number of likely N-dealkylation sites (tertiary alicyclic amines) is 1. The van der Waals surface area contributed by atoms with Crippen molar-refractivity contribution in [3.63, 3.8) is 0 Å². The van der Waals surface area contributed by atoms with Crippen molar-refractivity contribution in [2.45, 2.75) is 52.0 Å². The van der Waals surface area contributed by atoms with E-state index < -0.39 is 17.0 Å². The van der Waals surface area contributed by atoms with Crippen molar-refractivity contribution >= 4 is 23.6 Å². The van der Waals surface area contributed by atoms with Crippen LogP contribution >= 0.6 is 11.6 Å². The van der Waals surface area contributed by atoms with Gasteiger partial charge in [0.05, 0.1) is 16.8 Å². The van der Waals surface area contributed by atoms with Gasteiger partial charge in [-0.3, -0.25) is 9.69 Å². The highest BCUT2D eigenvalue weighted by molar-refractivity contribution is 6.32. The quantitative estimate of drug-likeness (QED) is 0.678. The summed E-state index contributed by atoms with van der Waals surface area (Å²) in [6.45, 7) is 8.71. The zero-order valence-corrected chi connectivity index (χ0v) is 20.0. The van der Waals surface area contributed by atoms with Gasteiger partial charge in [0.25, 0.3) is 5.91 Å². The van der Waals surface area contributed by atoms with E-state index in [0.29, 0.717) is 36.1 Å². The molecule has 3 rings (SSSR count). The van der Waals surface area contributed by atoms with Gasteiger partial charge in [0.15, 0.2) is 0 Å². The number of carbonyl (C=O) groups excluding carboxylic acids is 1. The molecule has 2 atom stereocenters. The maximum Gasteiger partial charge on any atom is 0.408 e. The SMILES string of the molecule is CN(C)C(=O)c1ccc(C2(C(C)(C)C)CC(C3CCNCC3)CCN2C(=O)O)nc1Cl. The molecule has 2 saturated heterocycles. The van der Waals surface area contributed by atoms with E-state index in [2.05, 4.69) is 31.1 Å². The summed E-state index contributed by atoms with van der Waals surface area (Å²) >= 11 is 6.48. The summed E-state index contributed by atoms with van der Waals surface area (Å²) in [6, 6.07) is 3.49. The number of rotatable bonds is 3. The van der Waals surface area contributed by atoms with E-state index in [1.807, 2.05) is 0 Å². The molecule has 0 radical (unpaired) electrons. The fraction of sp³-hybridized carbons (Fsp3) is 0.696. The number of carboxylic acid groups (broad SMARTS) is 1. The van der Waals surface area contributed by atoms with Gasteiger partial charge in [-0.05, 0) is 68.2 Å². The number of amides is 2. The first kappa shape index (κ1) is 23.8. The predicted octanol–water partition coefficient (Wildman–Crippen LogP) is 4.07. The van der Waals surface area contributed by atoms with E-state index >= 15 is 0 Å². The molecule has 172 valence electrons. The average Bonchev–Trinajstić information content (AvgIpc) is 2.72. The van der Waals surface area contributed by atoms with Gasteiger partial charge < -0.3 is 15.3 Å². The lowest BCUT2D eigenvalue weighted by molar-refractivity contribution is -0.0621. The zero-order chi connectivity index (χ0) is 23.0. The Morgan fingerprint density at radius 2 is 1.84 bits per heavy atom. The summed E-state index contributed by atoms with van der Waals surface area (Å²) in [4.78, 5) is 32.5. The third-order valence-corrected chi connectivity index (χ3v) is 7.46. The number of nitrogens with one attached hydrogen (secondary N) is 1. The van der Waals surface area contributed by atoms with Crippen molar-refractivity contribution in [3.8, 4) is 0 Å². The van der Waals surface area contributed by atoms with Crippen LogP contribution in [0.5, 0.6) is 0 Å². The first-order chi connectivity index (χ1) is 14.5. The second kappa shape index (κ2) is 8.94. The molecule has 1 aromatic rings. The monoisotopic (exact) mass is 450 g/mol. The van der Waals surface area contributed by atoms with E-state index in [1.165, 1.54) is 4.90 Å². The van der Waals surface area contributed by atoms with Gasteiger partial charge in [-0.25, -0.2) is 9.78 Å². The molecule has 2 aliphatic rings. The Morgan fingerprint density at radius 1 is 1.19 bits per heavy atom. The highest BCUT2D eigenvalue weighted by atomic mass is 35.5. The molecule has 2 amide bonds. The molecule has 0 spiro atoms. The first-order valence-corrected chi connectivity index (χ1v) is 11.5.